The van der Waals surface area contributed by atoms with Crippen LogP contribution in [0.4, 0.5) is 4.79 Å². The molecule has 0 saturated carbocycles. The zero-order valence-corrected chi connectivity index (χ0v) is 15.2. The molecule has 0 aromatic heterocycles. The van der Waals surface area contributed by atoms with Gasteiger partial charge in [0, 0.05) is 24.5 Å². The number of benzene rings is 2. The van der Waals surface area contributed by atoms with Crippen molar-refractivity contribution in [2.45, 2.75) is 11.5 Å². The molecule has 1 amide bonds. The van der Waals surface area contributed by atoms with E-state index in [1.165, 1.54) is 23.7 Å². The molecule has 1 fully saturated rings. The van der Waals surface area contributed by atoms with Gasteiger partial charge in [-0.2, -0.15) is 11.8 Å². The fraction of sp³-hybridized carbons (Fsp3) is 0.300. The number of hydrogen-bond acceptors (Lipinski definition) is 4. The highest BCUT2D eigenvalue weighted by Gasteiger charge is 2.51. The molecule has 2 aromatic rings. The molecule has 5 nitrogen and oxygen atoms in total. The van der Waals surface area contributed by atoms with Gasteiger partial charge in [0.2, 0.25) is 0 Å². The molecule has 0 spiro atoms. The van der Waals surface area contributed by atoms with E-state index < -0.39 is 17.6 Å². The van der Waals surface area contributed by atoms with Gasteiger partial charge in [-0.1, -0.05) is 48.5 Å². The van der Waals surface area contributed by atoms with Crippen molar-refractivity contribution >= 4 is 23.8 Å². The molecule has 1 heterocycles. The summed E-state index contributed by atoms with van der Waals surface area (Å²) in [5, 5.41) is 9.48. The third kappa shape index (κ3) is 2.48. The molecule has 0 atom stereocenters. The lowest BCUT2D eigenvalue weighted by atomic mass is 9.98. The van der Waals surface area contributed by atoms with Crippen molar-refractivity contribution in [3.8, 4) is 11.1 Å². The summed E-state index contributed by atoms with van der Waals surface area (Å²) < 4.78 is 5.55. The molecule has 0 unspecified atom stereocenters. The molecule has 0 bridgehead atoms. The predicted octanol–water partition coefficient (Wildman–Crippen LogP) is 3.44. The molecular formula is C20H19NO4S. The lowest BCUT2D eigenvalue weighted by molar-refractivity contribution is -0.147. The topological polar surface area (TPSA) is 66.8 Å². The monoisotopic (exact) mass is 369 g/mol. The van der Waals surface area contributed by atoms with Gasteiger partial charge in [0.1, 0.15) is 6.61 Å². The van der Waals surface area contributed by atoms with E-state index in [2.05, 4.69) is 24.3 Å². The molecule has 4 rings (SSSR count). The lowest BCUT2D eigenvalue weighted by Crippen LogP contribution is -2.63. The van der Waals surface area contributed by atoms with E-state index in [1.54, 1.807) is 0 Å². The Balaban J connectivity index is 1.53. The molecule has 134 valence electrons. The van der Waals surface area contributed by atoms with Gasteiger partial charge in [-0.25, -0.2) is 9.59 Å². The molecule has 1 saturated heterocycles. The van der Waals surface area contributed by atoms with Gasteiger partial charge in [0.05, 0.1) is 0 Å². The van der Waals surface area contributed by atoms with Crippen molar-refractivity contribution < 1.29 is 19.4 Å². The Morgan fingerprint density at radius 3 is 2.12 bits per heavy atom. The number of ether oxygens (including phenoxy) is 1. The number of carboxylic acid groups (broad SMARTS) is 1. The number of thioether (sulfide) groups is 1. The van der Waals surface area contributed by atoms with Crippen LogP contribution in [0.3, 0.4) is 0 Å². The second-order valence-electron chi connectivity index (χ2n) is 6.69. The maximum atomic E-state index is 12.5. The smallest absolute Gasteiger partial charge is 0.410 e. The summed E-state index contributed by atoms with van der Waals surface area (Å²) in [7, 11) is 1.51. The maximum absolute atomic E-state index is 12.5. The minimum absolute atomic E-state index is 0.0312. The first-order chi connectivity index (χ1) is 12.5. The fourth-order valence-corrected chi connectivity index (χ4v) is 4.85. The summed E-state index contributed by atoms with van der Waals surface area (Å²) >= 11 is 1.51. The summed E-state index contributed by atoms with van der Waals surface area (Å²) in [5.74, 6) is -0.227. The molecule has 0 radical (unpaired) electrons. The van der Waals surface area contributed by atoms with Crippen LogP contribution in [-0.4, -0.2) is 52.8 Å². The number of carboxylic acids is 1. The van der Waals surface area contributed by atoms with E-state index in [-0.39, 0.29) is 12.5 Å². The van der Waals surface area contributed by atoms with E-state index in [1.807, 2.05) is 24.3 Å². The van der Waals surface area contributed by atoms with Crippen molar-refractivity contribution in [3.63, 3.8) is 0 Å². The van der Waals surface area contributed by atoms with Crippen LogP contribution in [0.25, 0.3) is 11.1 Å². The molecule has 1 aliphatic heterocycles. The maximum Gasteiger partial charge on any atom is 0.410 e. The third-order valence-corrected chi connectivity index (χ3v) is 6.70. The SMILES string of the molecule is CN(C(=O)OCC1c2ccccc2-c2ccccc21)C1(C(=O)O)CSC1. The first-order valence-electron chi connectivity index (χ1n) is 8.44. The summed E-state index contributed by atoms with van der Waals surface area (Å²) in [6, 6.07) is 16.2. The molecule has 2 aliphatic rings. The Morgan fingerprint density at radius 2 is 1.65 bits per heavy atom. The van der Waals surface area contributed by atoms with Crippen LogP contribution in [0, 0.1) is 0 Å². The molecule has 1 N–H and O–H groups in total. The van der Waals surface area contributed by atoms with Gasteiger partial charge >= 0.3 is 12.1 Å². The summed E-state index contributed by atoms with van der Waals surface area (Å²) in [6.45, 7) is 0.194. The van der Waals surface area contributed by atoms with Gasteiger partial charge < -0.3 is 9.84 Å². The van der Waals surface area contributed by atoms with Crippen molar-refractivity contribution in [1.82, 2.24) is 4.90 Å². The van der Waals surface area contributed by atoms with Gasteiger partial charge in [0.25, 0.3) is 0 Å². The second kappa shape index (κ2) is 6.36. The van der Waals surface area contributed by atoms with Crippen molar-refractivity contribution in [2.75, 3.05) is 25.2 Å². The first-order valence-corrected chi connectivity index (χ1v) is 9.60. The zero-order valence-electron chi connectivity index (χ0n) is 14.3. The zero-order chi connectivity index (χ0) is 18.3. The standard InChI is InChI=1S/C20H19NO4S/c1-21(20(18(22)23)11-26-12-20)19(24)25-10-17-15-8-4-2-6-13(15)14-7-3-5-9-16(14)17/h2-9,17H,10-12H2,1H3,(H,22,23). The molecule has 6 heteroatoms. The average molecular weight is 369 g/mol. The van der Waals surface area contributed by atoms with Crippen LogP contribution >= 0.6 is 11.8 Å². The Kier molecular flexibility index (Phi) is 4.15. The number of aliphatic carboxylic acids is 1. The van der Waals surface area contributed by atoms with Crippen LogP contribution in [0.2, 0.25) is 0 Å². The Labute approximate surface area is 156 Å². The average Bonchev–Trinajstić information content (AvgIpc) is 2.92. The number of carbonyl (C=O) groups is 2. The van der Waals surface area contributed by atoms with E-state index in [9.17, 15) is 14.7 Å². The second-order valence-corrected chi connectivity index (χ2v) is 7.68. The lowest BCUT2D eigenvalue weighted by Gasteiger charge is -2.43. The summed E-state index contributed by atoms with van der Waals surface area (Å²) in [4.78, 5) is 25.3. The van der Waals surface area contributed by atoms with Crippen LogP contribution in [0.1, 0.15) is 17.0 Å². The van der Waals surface area contributed by atoms with Gasteiger partial charge in [-0.05, 0) is 22.3 Å². The number of nitrogens with zero attached hydrogens (tertiary/aromatic N) is 1. The number of rotatable bonds is 4. The van der Waals surface area contributed by atoms with E-state index in [0.717, 1.165) is 22.3 Å². The Hall–Kier alpha value is -2.47. The number of likely N-dealkylation sites (N-methyl/N-ethyl adjacent to an activating group) is 1. The Bertz CT molecular complexity index is 832. The summed E-state index contributed by atoms with van der Waals surface area (Å²) in [5.41, 5.74) is 3.45. The third-order valence-electron chi connectivity index (χ3n) is 5.33. The molecule has 2 aromatic carbocycles. The highest BCUT2D eigenvalue weighted by Crippen LogP contribution is 2.44. The van der Waals surface area contributed by atoms with Crippen LogP contribution < -0.4 is 0 Å². The number of amides is 1. The minimum atomic E-state index is -1.15. The van der Waals surface area contributed by atoms with Crippen molar-refractivity contribution in [2.24, 2.45) is 0 Å². The quantitative estimate of drug-likeness (QED) is 0.894. The number of hydrogen-bond donors (Lipinski definition) is 1. The largest absolute Gasteiger partial charge is 0.479 e. The number of fused-ring (bicyclic) bond motifs is 3. The molecule has 26 heavy (non-hydrogen) atoms. The first kappa shape index (κ1) is 17.0. The normalized spacial score (nSPS) is 17.0. The van der Waals surface area contributed by atoms with E-state index in [4.69, 9.17) is 4.74 Å². The van der Waals surface area contributed by atoms with Gasteiger partial charge in [-0.15, -0.1) is 0 Å². The molecular weight excluding hydrogens is 350 g/mol. The van der Waals surface area contributed by atoms with E-state index in [0.29, 0.717) is 11.5 Å². The van der Waals surface area contributed by atoms with Crippen LogP contribution in [0.5, 0.6) is 0 Å². The summed E-state index contributed by atoms with van der Waals surface area (Å²) in [6.07, 6.45) is -0.588. The highest BCUT2D eigenvalue weighted by molar-refractivity contribution is 8.01. The fourth-order valence-electron chi connectivity index (χ4n) is 3.62. The molecule has 1 aliphatic carbocycles. The van der Waals surface area contributed by atoms with E-state index >= 15 is 0 Å². The Morgan fingerprint density at radius 1 is 1.12 bits per heavy atom. The predicted molar refractivity (Wildman–Crippen MR) is 101 cm³/mol. The van der Waals surface area contributed by atoms with Gasteiger partial charge in [-0.3, -0.25) is 4.90 Å². The van der Waals surface area contributed by atoms with Crippen LogP contribution in [-0.2, 0) is 9.53 Å². The van der Waals surface area contributed by atoms with Crippen LogP contribution in [0.15, 0.2) is 48.5 Å². The highest BCUT2D eigenvalue weighted by atomic mass is 32.2. The van der Waals surface area contributed by atoms with Crippen molar-refractivity contribution in [1.29, 1.82) is 0 Å². The minimum Gasteiger partial charge on any atom is -0.479 e. The number of carbonyl (C=O) groups excluding carboxylic acids is 1. The van der Waals surface area contributed by atoms with Crippen molar-refractivity contribution in [3.05, 3.63) is 59.7 Å². The van der Waals surface area contributed by atoms with Gasteiger partial charge in [0.15, 0.2) is 5.54 Å².